The van der Waals surface area contributed by atoms with Gasteiger partial charge in [0.1, 0.15) is 5.52 Å². The van der Waals surface area contributed by atoms with E-state index in [2.05, 4.69) is 23.1 Å². The first-order valence-corrected chi connectivity index (χ1v) is 13.5. The highest BCUT2D eigenvalue weighted by Gasteiger charge is 2.34. The molecular weight excluding hydrogens is 464 g/mol. The lowest BCUT2D eigenvalue weighted by Gasteiger charge is -2.38. The van der Waals surface area contributed by atoms with Crippen molar-refractivity contribution in [1.82, 2.24) is 15.2 Å². The number of rotatable bonds is 6. The van der Waals surface area contributed by atoms with Crippen molar-refractivity contribution in [3.05, 3.63) is 29.7 Å². The number of aryl methyl sites for hydroxylation is 1. The predicted octanol–water partition coefficient (Wildman–Crippen LogP) is 5.46. The lowest BCUT2D eigenvalue weighted by atomic mass is 9.80. The van der Waals surface area contributed by atoms with Crippen molar-refractivity contribution >= 4 is 22.9 Å². The van der Waals surface area contributed by atoms with Crippen molar-refractivity contribution < 1.29 is 14.0 Å². The molecule has 0 unspecified atom stereocenters. The maximum absolute atomic E-state index is 12.7. The van der Waals surface area contributed by atoms with Crippen molar-refractivity contribution in [2.24, 2.45) is 11.7 Å². The number of benzene rings is 1. The molecule has 5 rings (SSSR count). The van der Waals surface area contributed by atoms with Crippen molar-refractivity contribution in [3.63, 3.8) is 0 Å². The quantitative estimate of drug-likeness (QED) is 0.502. The van der Waals surface area contributed by atoms with Crippen LogP contribution in [-0.4, -0.2) is 46.9 Å². The molecule has 37 heavy (non-hydrogen) atoms. The molecule has 204 valence electrons. The minimum absolute atomic E-state index is 0. The summed E-state index contributed by atoms with van der Waals surface area (Å²) in [7, 11) is 1.88. The van der Waals surface area contributed by atoms with E-state index >= 15 is 0 Å². The van der Waals surface area contributed by atoms with Crippen LogP contribution in [0.5, 0.6) is 0 Å². The zero-order chi connectivity index (χ0) is 26.1. The summed E-state index contributed by atoms with van der Waals surface area (Å²) in [6, 6.07) is 5.41. The Morgan fingerprint density at radius 3 is 2.22 bits per heavy atom. The van der Waals surface area contributed by atoms with E-state index in [0.29, 0.717) is 23.1 Å². The number of likely N-dealkylation sites (N-methyl/N-ethyl adjacent to an activating group) is 1. The van der Waals surface area contributed by atoms with Crippen LogP contribution in [0.1, 0.15) is 101 Å². The van der Waals surface area contributed by atoms with E-state index in [1.54, 1.807) is 12.1 Å². The Balaban J connectivity index is 0.000000616. The van der Waals surface area contributed by atoms with Crippen LogP contribution in [0.3, 0.4) is 0 Å². The summed E-state index contributed by atoms with van der Waals surface area (Å²) >= 11 is 0. The Hall–Kier alpha value is -2.85. The molecule has 3 aliphatic carbocycles. The third-order valence-electron chi connectivity index (χ3n) is 7.87. The van der Waals surface area contributed by atoms with Gasteiger partial charge in [-0.25, -0.2) is 4.98 Å². The van der Waals surface area contributed by atoms with Gasteiger partial charge in [0, 0.05) is 31.1 Å². The molecule has 0 spiro atoms. The number of nitrogens with two attached hydrogens (primary N) is 1. The number of nitrogens with zero attached hydrogens (tertiary/aromatic N) is 2. The molecule has 1 atom stereocenters. The first kappa shape index (κ1) is 30.4. The number of carbonyl (C=O) groups is 2. The second-order valence-electron chi connectivity index (χ2n) is 10.2. The monoisotopic (exact) mass is 510 g/mol. The first-order chi connectivity index (χ1) is 17.5. The van der Waals surface area contributed by atoms with Crippen LogP contribution in [0.2, 0.25) is 0 Å². The fraction of sp³-hybridized carbons (Fsp3) is 0.633. The number of nitrogens with one attached hydrogen (secondary N) is 1. The molecule has 1 heterocycles. The molecule has 3 N–H and O–H groups in total. The molecule has 7 heteroatoms. The molecule has 0 bridgehead atoms. The molecule has 7 nitrogen and oxygen atoms in total. The maximum atomic E-state index is 12.7. The summed E-state index contributed by atoms with van der Waals surface area (Å²) in [6.45, 7) is 1.99. The zero-order valence-corrected chi connectivity index (χ0v) is 21.9. The molecule has 3 aliphatic rings. The lowest BCUT2D eigenvalue weighted by Crippen LogP contribution is -2.52. The SMILES string of the molecule is C.C#C.C1CCC1.CCc1nc2ccc(C(=O)NC3CCC([C@H](N)C(=O)N(C)C4CCC4)CC3)cc2o1. The second-order valence-corrected chi connectivity index (χ2v) is 10.2. The number of amides is 2. The van der Waals surface area contributed by atoms with Gasteiger partial charge in [0.2, 0.25) is 5.91 Å². The summed E-state index contributed by atoms with van der Waals surface area (Å²) in [5.74, 6) is 0.833. The fourth-order valence-corrected chi connectivity index (χ4v) is 4.80. The summed E-state index contributed by atoms with van der Waals surface area (Å²) in [5, 5.41) is 3.13. The molecule has 3 fully saturated rings. The van der Waals surface area contributed by atoms with Crippen LogP contribution in [0.25, 0.3) is 11.1 Å². The van der Waals surface area contributed by atoms with E-state index in [-0.39, 0.29) is 31.2 Å². The predicted molar refractivity (Wildman–Crippen MR) is 150 cm³/mol. The molecule has 1 aromatic carbocycles. The number of fused-ring (bicyclic) bond motifs is 1. The first-order valence-electron chi connectivity index (χ1n) is 13.5. The average Bonchev–Trinajstić information content (AvgIpc) is 3.25. The van der Waals surface area contributed by atoms with Crippen LogP contribution < -0.4 is 11.1 Å². The van der Waals surface area contributed by atoms with Gasteiger partial charge in [-0.15, -0.1) is 12.8 Å². The Labute approximate surface area is 222 Å². The number of hydrogen-bond donors (Lipinski definition) is 2. The van der Waals surface area contributed by atoms with Gasteiger partial charge in [0.25, 0.3) is 5.91 Å². The van der Waals surface area contributed by atoms with Gasteiger partial charge in [0.05, 0.1) is 6.04 Å². The second kappa shape index (κ2) is 14.8. The highest BCUT2D eigenvalue weighted by Crippen LogP contribution is 2.29. The van der Waals surface area contributed by atoms with Gasteiger partial charge in [0.15, 0.2) is 11.5 Å². The van der Waals surface area contributed by atoms with E-state index in [4.69, 9.17) is 10.2 Å². The Bertz CT molecular complexity index is 1010. The normalized spacial score (nSPS) is 21.3. The van der Waals surface area contributed by atoms with Crippen molar-refractivity contribution in [2.75, 3.05) is 7.05 Å². The molecule has 1 aromatic heterocycles. The van der Waals surface area contributed by atoms with Crippen LogP contribution in [0, 0.1) is 18.8 Å². The van der Waals surface area contributed by atoms with Crippen LogP contribution in [0.15, 0.2) is 22.6 Å². The standard InChI is InChI=1S/C23H32N4O3.C4H8.C2H2.CH4/c1-3-20-26-18-12-9-15(13-19(18)30-20)22(28)25-16-10-7-14(8-11-16)21(24)23(29)27(2)17-5-4-6-17;1-2-4-3-1;1-2;/h9,12-14,16-17,21H,3-8,10-11,24H2,1-2H3,(H,25,28);1-4H2;1-2H;1H4/t14?,16?,21-;;;/m0.../s1. The third kappa shape index (κ3) is 7.82. The summed E-state index contributed by atoms with van der Waals surface area (Å²) in [4.78, 5) is 31.6. The molecule has 2 amide bonds. The van der Waals surface area contributed by atoms with Gasteiger partial charge in [-0.1, -0.05) is 40.0 Å². The molecule has 0 aliphatic heterocycles. The van der Waals surface area contributed by atoms with E-state index in [9.17, 15) is 9.59 Å². The number of carbonyl (C=O) groups excluding carboxylic acids is 2. The van der Waals surface area contributed by atoms with Gasteiger partial charge in [-0.3, -0.25) is 9.59 Å². The average molecular weight is 511 g/mol. The van der Waals surface area contributed by atoms with Crippen molar-refractivity contribution in [1.29, 1.82) is 0 Å². The third-order valence-corrected chi connectivity index (χ3v) is 7.87. The minimum atomic E-state index is -0.436. The lowest BCUT2D eigenvalue weighted by molar-refractivity contribution is -0.136. The summed E-state index contributed by atoms with van der Waals surface area (Å²) in [5.41, 5.74) is 8.31. The fourth-order valence-electron chi connectivity index (χ4n) is 4.80. The molecular formula is C30H46N4O3. The van der Waals surface area contributed by atoms with Crippen LogP contribution in [0.4, 0.5) is 0 Å². The zero-order valence-electron chi connectivity index (χ0n) is 21.9. The molecule has 3 saturated carbocycles. The minimum Gasteiger partial charge on any atom is -0.441 e. The molecule has 0 radical (unpaired) electrons. The molecule has 0 saturated heterocycles. The topological polar surface area (TPSA) is 101 Å². The largest absolute Gasteiger partial charge is 0.441 e. The summed E-state index contributed by atoms with van der Waals surface area (Å²) in [6.07, 6.45) is 21.5. The number of oxazole rings is 1. The van der Waals surface area contributed by atoms with Gasteiger partial charge in [-0.05, 0) is 69.1 Å². The van der Waals surface area contributed by atoms with E-state index in [1.807, 2.05) is 24.9 Å². The van der Waals surface area contributed by atoms with Gasteiger partial charge < -0.3 is 20.4 Å². The Morgan fingerprint density at radius 1 is 1.08 bits per heavy atom. The van der Waals surface area contributed by atoms with Crippen LogP contribution in [-0.2, 0) is 11.2 Å². The van der Waals surface area contributed by atoms with Gasteiger partial charge in [-0.2, -0.15) is 0 Å². The summed E-state index contributed by atoms with van der Waals surface area (Å²) < 4.78 is 5.67. The van der Waals surface area contributed by atoms with E-state index in [1.165, 1.54) is 32.1 Å². The van der Waals surface area contributed by atoms with Gasteiger partial charge >= 0.3 is 0 Å². The Morgan fingerprint density at radius 2 is 1.70 bits per heavy atom. The molecule has 2 aromatic rings. The van der Waals surface area contributed by atoms with E-state index in [0.717, 1.165) is 50.5 Å². The number of hydrogen-bond acceptors (Lipinski definition) is 5. The Kier molecular flexibility index (Phi) is 12.1. The van der Waals surface area contributed by atoms with E-state index < -0.39 is 6.04 Å². The maximum Gasteiger partial charge on any atom is 0.251 e. The number of terminal acetylenes is 1. The number of aromatic nitrogens is 1. The van der Waals surface area contributed by atoms with Crippen molar-refractivity contribution in [2.45, 2.75) is 110 Å². The highest BCUT2D eigenvalue weighted by molar-refractivity contribution is 5.97. The highest BCUT2D eigenvalue weighted by atomic mass is 16.3. The van der Waals surface area contributed by atoms with Crippen LogP contribution >= 0.6 is 0 Å². The smallest absolute Gasteiger partial charge is 0.251 e. The van der Waals surface area contributed by atoms with Crippen molar-refractivity contribution in [3.8, 4) is 12.8 Å².